The summed E-state index contributed by atoms with van der Waals surface area (Å²) in [5, 5.41) is 81.9. The Kier molecular flexibility index (Phi) is 11.7. The number of rotatable bonds is 12. The molecule has 286 valence electrons. The van der Waals surface area contributed by atoms with E-state index < -0.39 is 106 Å². The van der Waals surface area contributed by atoms with Crippen LogP contribution in [0.25, 0.3) is 0 Å². The number of fused-ring (bicyclic) bond motifs is 2. The third-order valence-electron chi connectivity index (χ3n) is 9.51. The smallest absolute Gasteiger partial charge is 0.347 e. The fourth-order valence-electron chi connectivity index (χ4n) is 6.90. The van der Waals surface area contributed by atoms with Gasteiger partial charge in [0.1, 0.15) is 0 Å². The number of aliphatic hydroxyl groups is 2. The third-order valence-corrected chi connectivity index (χ3v) is 9.51. The van der Waals surface area contributed by atoms with Crippen LogP contribution < -0.4 is 0 Å². The number of benzene rings is 3. The van der Waals surface area contributed by atoms with Gasteiger partial charge in [-0.1, -0.05) is 30.4 Å². The van der Waals surface area contributed by atoms with Gasteiger partial charge in [-0.25, -0.2) is 14.4 Å². The molecule has 2 bridgehead atoms. The maximum absolute atomic E-state index is 14.2. The lowest BCUT2D eigenvalue weighted by Gasteiger charge is -2.51. The first-order valence-electron chi connectivity index (χ1n) is 16.5. The van der Waals surface area contributed by atoms with Gasteiger partial charge in [-0.15, -0.1) is 0 Å². The van der Waals surface area contributed by atoms with Crippen molar-refractivity contribution in [2.75, 3.05) is 14.2 Å². The van der Waals surface area contributed by atoms with Crippen molar-refractivity contribution in [3.05, 3.63) is 95.1 Å². The summed E-state index contributed by atoms with van der Waals surface area (Å²) in [7, 11) is 2.14. The number of methoxy groups -OCH3 is 2. The number of phenolic OH excluding ortho intramolecular Hbond substituents is 6. The number of hydrogen-bond acceptors (Lipinski definition) is 16. The first-order valence-corrected chi connectivity index (χ1v) is 16.5. The summed E-state index contributed by atoms with van der Waals surface area (Å²) in [6.07, 6.45) is -3.05. The summed E-state index contributed by atoms with van der Waals surface area (Å²) in [6.45, 7) is 0. The monoisotopic (exact) mass is 750 g/mol. The Hall–Kier alpha value is -6.26. The van der Waals surface area contributed by atoms with Crippen molar-refractivity contribution in [3.63, 3.8) is 0 Å². The Morgan fingerprint density at radius 2 is 1.15 bits per heavy atom. The summed E-state index contributed by atoms with van der Waals surface area (Å²) in [5.74, 6) is -11.5. The molecule has 3 aromatic rings. The van der Waals surface area contributed by atoms with E-state index in [1.54, 1.807) is 0 Å². The van der Waals surface area contributed by atoms with Crippen LogP contribution in [0.4, 0.5) is 0 Å². The Labute approximate surface area is 307 Å². The highest BCUT2D eigenvalue weighted by atomic mass is 16.6. The minimum Gasteiger partial charge on any atom is -0.504 e. The summed E-state index contributed by atoms with van der Waals surface area (Å²) < 4.78 is 20.6. The topological polar surface area (TPSA) is 267 Å². The lowest BCUT2D eigenvalue weighted by molar-refractivity contribution is -0.177. The van der Waals surface area contributed by atoms with Gasteiger partial charge in [-0.2, -0.15) is 0 Å². The molecule has 8 atom stereocenters. The van der Waals surface area contributed by atoms with E-state index >= 15 is 0 Å². The van der Waals surface area contributed by atoms with Crippen molar-refractivity contribution in [1.29, 1.82) is 0 Å². The van der Waals surface area contributed by atoms with Crippen molar-refractivity contribution < 1.29 is 79.0 Å². The molecule has 3 aliphatic carbocycles. The molecule has 3 unspecified atom stereocenters. The van der Waals surface area contributed by atoms with Crippen LogP contribution in [-0.2, 0) is 51.0 Å². The molecule has 0 heterocycles. The zero-order chi connectivity index (χ0) is 39.4. The second-order valence-corrected chi connectivity index (χ2v) is 12.8. The molecular formula is C38H38O16. The van der Waals surface area contributed by atoms with Gasteiger partial charge >= 0.3 is 23.9 Å². The lowest BCUT2D eigenvalue weighted by Crippen LogP contribution is -2.57. The van der Waals surface area contributed by atoms with Crippen molar-refractivity contribution in [2.24, 2.45) is 17.8 Å². The highest BCUT2D eigenvalue weighted by Gasteiger charge is 2.57. The molecule has 16 nitrogen and oxygen atoms in total. The fourth-order valence-corrected chi connectivity index (χ4v) is 6.90. The molecule has 1 fully saturated rings. The molecule has 0 radical (unpaired) electrons. The minimum absolute atomic E-state index is 0.173. The highest BCUT2D eigenvalue weighted by Crippen LogP contribution is 2.54. The first kappa shape index (κ1) is 39.0. The first-order chi connectivity index (χ1) is 25.6. The number of aliphatic hydroxyl groups excluding tert-OH is 2. The SMILES string of the molecule is COC(=O)C(Cc1ccc(O)c(O)c1)OC(=O)/C=C/C1=CC2[C@H](O)[C@H](O)[C@@H]1[C@H](C(=O)OC(Cc1ccc(O)c(O)c1)C(=O)OC)[C@H]2c1ccc(O)c(O)c1. The van der Waals surface area contributed by atoms with E-state index in [4.69, 9.17) is 18.9 Å². The maximum atomic E-state index is 14.2. The Morgan fingerprint density at radius 3 is 1.65 bits per heavy atom. The quantitative estimate of drug-likeness (QED) is 0.0567. The van der Waals surface area contributed by atoms with Crippen molar-refractivity contribution in [3.8, 4) is 34.5 Å². The van der Waals surface area contributed by atoms with E-state index in [-0.39, 0.29) is 29.5 Å². The summed E-state index contributed by atoms with van der Waals surface area (Å²) in [4.78, 5) is 52.6. The van der Waals surface area contributed by atoms with Gasteiger partial charge in [0.15, 0.2) is 34.5 Å². The van der Waals surface area contributed by atoms with Crippen molar-refractivity contribution in [2.45, 2.75) is 43.2 Å². The Morgan fingerprint density at radius 1 is 0.648 bits per heavy atom. The van der Waals surface area contributed by atoms with Crippen LogP contribution in [-0.4, -0.2) is 103 Å². The Bertz CT molecular complexity index is 1990. The molecule has 0 aromatic heterocycles. The predicted octanol–water partition coefficient (Wildman–Crippen LogP) is 1.74. The van der Waals surface area contributed by atoms with E-state index in [0.717, 1.165) is 26.4 Å². The second kappa shape index (κ2) is 16.2. The number of ether oxygens (including phenoxy) is 4. The number of phenols is 6. The van der Waals surface area contributed by atoms with Crippen LogP contribution in [0.15, 0.2) is 78.4 Å². The molecule has 8 N–H and O–H groups in total. The van der Waals surface area contributed by atoms with Crippen LogP contribution in [0, 0.1) is 17.8 Å². The predicted molar refractivity (Wildman–Crippen MR) is 183 cm³/mol. The summed E-state index contributed by atoms with van der Waals surface area (Å²) in [6, 6.07) is 11.2. The average Bonchev–Trinajstić information content (AvgIpc) is 3.14. The third kappa shape index (κ3) is 8.19. The van der Waals surface area contributed by atoms with Crippen LogP contribution in [0.1, 0.15) is 22.6 Å². The lowest BCUT2D eigenvalue weighted by atomic mass is 9.55. The van der Waals surface area contributed by atoms with Gasteiger partial charge in [0.2, 0.25) is 12.2 Å². The second-order valence-electron chi connectivity index (χ2n) is 12.8. The maximum Gasteiger partial charge on any atom is 0.347 e. The van der Waals surface area contributed by atoms with Gasteiger partial charge < -0.3 is 59.8 Å². The molecule has 0 saturated heterocycles. The number of hydrogen-bond donors (Lipinski definition) is 8. The number of aromatic hydroxyl groups is 6. The molecule has 0 aliphatic heterocycles. The number of allylic oxidation sites excluding steroid dienone is 1. The fraction of sp³-hybridized carbons (Fsp3) is 0.316. The van der Waals surface area contributed by atoms with E-state index in [1.165, 1.54) is 60.7 Å². The van der Waals surface area contributed by atoms with Crippen LogP contribution in [0.5, 0.6) is 34.5 Å². The summed E-state index contributed by atoms with van der Waals surface area (Å²) in [5.41, 5.74) is 1.03. The number of esters is 4. The zero-order valence-electron chi connectivity index (χ0n) is 28.8. The number of carbonyl (C=O) groups is 4. The molecule has 6 rings (SSSR count). The standard InChI is InChI=1S/C38H38O16/c1-51-36(48)28(13-17-3-7-22(39)25(42)11-17)53-30(45)10-6-19-15-21-31(20-5-9-24(41)27(44)16-20)33(32(19)35(47)34(21)46)38(50)54-29(37(49)52-2)14-18-4-8-23(40)26(43)12-18/h3-12,15-16,21,28-29,31-35,39-44,46-47H,13-14H2,1-2H3/b10-6+/t21?,28?,29?,31-,32-,33+,34-,35+/m0/s1. The largest absolute Gasteiger partial charge is 0.504 e. The Balaban J connectivity index is 1.47. The molecular weight excluding hydrogens is 712 g/mol. The van der Waals surface area contributed by atoms with Gasteiger partial charge in [-0.05, 0) is 58.7 Å². The van der Waals surface area contributed by atoms with Gasteiger partial charge in [0.25, 0.3) is 0 Å². The van der Waals surface area contributed by atoms with Crippen LogP contribution in [0.3, 0.4) is 0 Å². The van der Waals surface area contributed by atoms with E-state index in [1.807, 2.05) is 0 Å². The average molecular weight is 751 g/mol. The minimum atomic E-state index is -1.62. The normalized spacial score (nSPS) is 22.9. The molecule has 1 saturated carbocycles. The van der Waals surface area contributed by atoms with E-state index in [2.05, 4.69) is 0 Å². The molecule has 0 spiro atoms. The molecule has 16 heteroatoms. The van der Waals surface area contributed by atoms with E-state index in [0.29, 0.717) is 5.56 Å². The van der Waals surface area contributed by atoms with Gasteiger partial charge in [0, 0.05) is 36.7 Å². The van der Waals surface area contributed by atoms with Crippen molar-refractivity contribution in [1.82, 2.24) is 0 Å². The zero-order valence-corrected chi connectivity index (χ0v) is 28.8. The molecule has 3 aliphatic rings. The molecule has 0 amide bonds. The van der Waals surface area contributed by atoms with E-state index in [9.17, 15) is 60.0 Å². The highest BCUT2D eigenvalue weighted by molar-refractivity contribution is 5.87. The molecule has 3 aromatic carbocycles. The van der Waals surface area contributed by atoms with Crippen LogP contribution in [0.2, 0.25) is 0 Å². The number of carbonyl (C=O) groups excluding carboxylic acids is 4. The summed E-state index contributed by atoms with van der Waals surface area (Å²) >= 11 is 0. The van der Waals surface area contributed by atoms with Gasteiger partial charge in [0.05, 0.1) is 32.3 Å². The molecule has 54 heavy (non-hydrogen) atoms. The van der Waals surface area contributed by atoms with Gasteiger partial charge in [-0.3, -0.25) is 4.79 Å². The van der Waals surface area contributed by atoms with Crippen LogP contribution >= 0.6 is 0 Å². The van der Waals surface area contributed by atoms with Crippen molar-refractivity contribution >= 4 is 23.9 Å².